The highest BCUT2D eigenvalue weighted by atomic mass is 35.5. The van der Waals surface area contributed by atoms with Gasteiger partial charge in [0.25, 0.3) is 0 Å². The maximum absolute atomic E-state index is 13.4. The Morgan fingerprint density at radius 1 is 1.17 bits per heavy atom. The summed E-state index contributed by atoms with van der Waals surface area (Å²) >= 11 is 6.77. The number of carbonyl (C=O) groups excluding carboxylic acids is 2. The average molecular weight is 521 g/mol. The van der Waals surface area contributed by atoms with Crippen LogP contribution < -0.4 is 10.6 Å². The van der Waals surface area contributed by atoms with E-state index in [1.807, 2.05) is 12.1 Å². The molecule has 5 rings (SSSR count). The van der Waals surface area contributed by atoms with Crippen molar-refractivity contribution in [2.75, 3.05) is 20.8 Å². The van der Waals surface area contributed by atoms with E-state index in [1.54, 1.807) is 7.11 Å². The van der Waals surface area contributed by atoms with Gasteiger partial charge in [-0.15, -0.1) is 0 Å². The Bertz CT molecular complexity index is 986. The van der Waals surface area contributed by atoms with E-state index in [-0.39, 0.29) is 41.6 Å². The molecule has 4 saturated carbocycles. The Labute approximate surface area is 219 Å². The van der Waals surface area contributed by atoms with Gasteiger partial charge in [-0.05, 0) is 74.0 Å². The molecule has 8 heteroatoms. The molecule has 0 aromatic heterocycles. The number of hydrogen-bond donors (Lipinski definition) is 3. The molecule has 7 nitrogen and oxygen atoms in total. The van der Waals surface area contributed by atoms with E-state index < -0.39 is 11.0 Å². The van der Waals surface area contributed by atoms with E-state index in [0.29, 0.717) is 37.1 Å². The van der Waals surface area contributed by atoms with Crippen LogP contribution in [-0.4, -0.2) is 49.6 Å². The van der Waals surface area contributed by atoms with E-state index >= 15 is 0 Å². The van der Waals surface area contributed by atoms with Crippen molar-refractivity contribution in [1.29, 1.82) is 0 Å². The van der Waals surface area contributed by atoms with Crippen LogP contribution in [0, 0.1) is 16.7 Å². The van der Waals surface area contributed by atoms with Crippen LogP contribution in [0.3, 0.4) is 0 Å². The fourth-order valence-electron chi connectivity index (χ4n) is 6.66. The molecule has 2 bridgehead atoms. The van der Waals surface area contributed by atoms with E-state index in [2.05, 4.69) is 37.5 Å². The zero-order valence-electron chi connectivity index (χ0n) is 22.2. The summed E-state index contributed by atoms with van der Waals surface area (Å²) in [6, 6.07) is 5.79. The van der Waals surface area contributed by atoms with Gasteiger partial charge in [-0.3, -0.25) is 4.79 Å². The lowest BCUT2D eigenvalue weighted by molar-refractivity contribution is -0.199. The number of amides is 2. The third-order valence-electron chi connectivity index (χ3n) is 8.74. The molecule has 4 fully saturated rings. The van der Waals surface area contributed by atoms with Gasteiger partial charge in [-0.2, -0.15) is 0 Å². The van der Waals surface area contributed by atoms with Crippen LogP contribution in [0.1, 0.15) is 76.8 Å². The molecule has 1 aromatic rings. The van der Waals surface area contributed by atoms with Gasteiger partial charge in [0.15, 0.2) is 0 Å². The number of aliphatic hydroxyl groups excluding tert-OH is 1. The molecule has 36 heavy (non-hydrogen) atoms. The number of benzene rings is 1. The summed E-state index contributed by atoms with van der Waals surface area (Å²) < 4.78 is 10.5. The monoisotopic (exact) mass is 520 g/mol. The molecule has 3 atom stereocenters. The first-order valence-corrected chi connectivity index (χ1v) is 13.4. The maximum Gasteiger partial charge on any atom is 0.315 e. The van der Waals surface area contributed by atoms with Crippen LogP contribution in [0.15, 0.2) is 18.2 Å². The van der Waals surface area contributed by atoms with Gasteiger partial charge in [0.2, 0.25) is 0 Å². The van der Waals surface area contributed by atoms with Gasteiger partial charge in [0.05, 0.1) is 24.2 Å². The number of carbonyl (C=O) groups is 2. The van der Waals surface area contributed by atoms with Gasteiger partial charge in [0.1, 0.15) is 0 Å². The number of urea groups is 1. The van der Waals surface area contributed by atoms with Crippen molar-refractivity contribution in [3.05, 3.63) is 34.3 Å². The van der Waals surface area contributed by atoms with Crippen molar-refractivity contribution in [2.24, 2.45) is 16.7 Å². The summed E-state index contributed by atoms with van der Waals surface area (Å²) in [5.41, 5.74) is 0.635. The van der Waals surface area contributed by atoms with Crippen molar-refractivity contribution < 1.29 is 24.2 Å². The van der Waals surface area contributed by atoms with E-state index in [0.717, 1.165) is 30.4 Å². The Balaban J connectivity index is 1.55. The Morgan fingerprint density at radius 2 is 1.86 bits per heavy atom. The number of nitrogens with one attached hydrogen (secondary N) is 2. The molecular weight excluding hydrogens is 480 g/mol. The highest BCUT2D eigenvalue weighted by Gasteiger charge is 2.73. The Hall–Kier alpha value is -1.83. The average Bonchev–Trinajstić information content (AvgIpc) is 2.78. The lowest BCUT2D eigenvalue weighted by Crippen LogP contribution is -2.78. The molecule has 0 heterocycles. The first-order chi connectivity index (χ1) is 16.9. The fraction of sp³-hybridized carbons (Fsp3) is 0.714. The highest BCUT2D eigenvalue weighted by molar-refractivity contribution is 6.31. The number of methoxy groups -OCH3 is 2. The SMILES string of the molecule is COC(=O)C12CC(NC(=O)NC3(c4ccc(CCC(C)(C)C)c(Cl)c4)CCC(OC)CC3CO)(C1)C2. The number of aliphatic hydroxyl groups is 1. The number of hydrogen-bond acceptors (Lipinski definition) is 5. The molecule has 1 aromatic carbocycles. The van der Waals surface area contributed by atoms with Crippen molar-refractivity contribution in [3.8, 4) is 0 Å². The number of aryl methyl sites for hydroxylation is 1. The van der Waals surface area contributed by atoms with Crippen LogP contribution in [0.2, 0.25) is 5.02 Å². The second kappa shape index (κ2) is 9.80. The molecule has 3 unspecified atom stereocenters. The minimum Gasteiger partial charge on any atom is -0.469 e. The summed E-state index contributed by atoms with van der Waals surface area (Å²) in [7, 11) is 3.09. The molecule has 0 spiro atoms. The van der Waals surface area contributed by atoms with E-state index in [4.69, 9.17) is 21.1 Å². The number of halogens is 1. The van der Waals surface area contributed by atoms with E-state index in [1.165, 1.54) is 7.11 Å². The van der Waals surface area contributed by atoms with Crippen LogP contribution in [0.25, 0.3) is 0 Å². The summed E-state index contributed by atoms with van der Waals surface area (Å²) in [5, 5.41) is 17.5. The van der Waals surface area contributed by atoms with Crippen molar-refractivity contribution in [3.63, 3.8) is 0 Å². The standard InChI is InChI=1S/C28H41ClN2O5/c1-25(2,3)10-8-18-6-7-19(13-22(18)29)28(11-9-21(35-4)12-20(28)14-32)31-24(34)30-27-15-26(16-27,17-27)23(33)36-5/h6-7,13,20-21,32H,8-12,14-17H2,1-5H3,(H2,30,31,34). The molecule has 0 saturated heterocycles. The third kappa shape index (κ3) is 4.99. The summed E-state index contributed by atoms with van der Waals surface area (Å²) in [6.45, 7) is 6.56. The van der Waals surface area contributed by atoms with Crippen molar-refractivity contribution >= 4 is 23.6 Å². The largest absolute Gasteiger partial charge is 0.469 e. The summed E-state index contributed by atoms with van der Waals surface area (Å²) in [6.07, 6.45) is 5.76. The van der Waals surface area contributed by atoms with E-state index in [9.17, 15) is 14.7 Å². The molecule has 4 aliphatic carbocycles. The maximum atomic E-state index is 13.4. The Kier molecular flexibility index (Phi) is 7.41. The lowest BCUT2D eigenvalue weighted by Gasteiger charge is -2.68. The lowest BCUT2D eigenvalue weighted by atomic mass is 9.39. The van der Waals surface area contributed by atoms with Gasteiger partial charge >= 0.3 is 12.0 Å². The topological polar surface area (TPSA) is 96.9 Å². The third-order valence-corrected chi connectivity index (χ3v) is 9.09. The molecule has 3 N–H and O–H groups in total. The molecule has 4 aliphatic rings. The van der Waals surface area contributed by atoms with Crippen molar-refractivity contribution in [2.45, 2.75) is 89.3 Å². The predicted molar refractivity (Wildman–Crippen MR) is 139 cm³/mol. The van der Waals surface area contributed by atoms with Crippen molar-refractivity contribution in [1.82, 2.24) is 10.6 Å². The van der Waals surface area contributed by atoms with Gasteiger partial charge in [0, 0.05) is 30.2 Å². The zero-order chi connectivity index (χ0) is 26.4. The van der Waals surface area contributed by atoms with Crippen LogP contribution in [0.4, 0.5) is 4.79 Å². The summed E-state index contributed by atoms with van der Waals surface area (Å²) in [5.74, 6) is -0.421. The van der Waals surface area contributed by atoms with Crippen LogP contribution in [0.5, 0.6) is 0 Å². The van der Waals surface area contributed by atoms with Crippen LogP contribution in [-0.2, 0) is 26.2 Å². The van der Waals surface area contributed by atoms with Gasteiger partial charge in [-0.25, -0.2) is 4.79 Å². The molecule has 0 radical (unpaired) electrons. The smallest absolute Gasteiger partial charge is 0.315 e. The summed E-state index contributed by atoms with van der Waals surface area (Å²) in [4.78, 5) is 25.4. The fourth-order valence-corrected chi connectivity index (χ4v) is 6.93. The first kappa shape index (κ1) is 27.2. The quantitative estimate of drug-likeness (QED) is 0.431. The normalized spacial score (nSPS) is 33.2. The zero-order valence-corrected chi connectivity index (χ0v) is 23.0. The molecular formula is C28H41ClN2O5. The minimum atomic E-state index is -0.774. The predicted octanol–water partition coefficient (Wildman–Crippen LogP) is 4.72. The first-order valence-electron chi connectivity index (χ1n) is 13.0. The second-order valence-electron chi connectivity index (χ2n) is 12.5. The highest BCUT2D eigenvalue weighted by Crippen LogP contribution is 2.67. The molecule has 200 valence electrons. The minimum absolute atomic E-state index is 0.0270. The van der Waals surface area contributed by atoms with Gasteiger partial charge < -0.3 is 25.2 Å². The Morgan fingerprint density at radius 3 is 2.42 bits per heavy atom. The molecule has 0 aliphatic heterocycles. The second-order valence-corrected chi connectivity index (χ2v) is 12.9. The van der Waals surface area contributed by atoms with Crippen LogP contribution >= 0.6 is 11.6 Å². The van der Waals surface area contributed by atoms with Gasteiger partial charge in [-0.1, -0.05) is 44.5 Å². The molecule has 2 amide bonds. The number of ether oxygens (including phenoxy) is 2. The number of rotatable bonds is 8. The number of esters is 1.